The first-order chi connectivity index (χ1) is 13.4. The molecule has 0 aliphatic heterocycles. The van der Waals surface area contributed by atoms with Crippen molar-refractivity contribution in [1.82, 2.24) is 10.0 Å². The zero-order valence-corrected chi connectivity index (χ0v) is 16.0. The number of hydroxylamine groups is 2. The molecule has 0 fully saturated rings. The summed E-state index contributed by atoms with van der Waals surface area (Å²) in [5.74, 6) is 0.258. The molecular weight excluding hydrogens is 380 g/mol. The molecule has 3 rings (SSSR count). The Morgan fingerprint density at radius 3 is 2.46 bits per heavy atom. The number of ether oxygens (including phenoxy) is 1. The maximum atomic E-state index is 13.1. The minimum atomic E-state index is -3.79. The van der Waals surface area contributed by atoms with E-state index < -0.39 is 15.1 Å². The SMILES string of the molecule is COc1ccc(C(CN(O)C=O)S(=O)(=O)Cc2cc3ccccc3cn2)cc1. The molecule has 146 valence electrons. The summed E-state index contributed by atoms with van der Waals surface area (Å²) < 4.78 is 31.3. The molecule has 1 amide bonds. The van der Waals surface area contributed by atoms with Gasteiger partial charge < -0.3 is 4.74 Å². The first kappa shape index (κ1) is 19.8. The highest BCUT2D eigenvalue weighted by Crippen LogP contribution is 2.28. The molecule has 3 aromatic rings. The summed E-state index contributed by atoms with van der Waals surface area (Å²) in [7, 11) is -2.28. The van der Waals surface area contributed by atoms with Gasteiger partial charge >= 0.3 is 0 Å². The largest absolute Gasteiger partial charge is 0.497 e. The molecule has 0 aliphatic rings. The number of pyridine rings is 1. The molecule has 2 aromatic carbocycles. The average Bonchev–Trinajstić information content (AvgIpc) is 2.71. The van der Waals surface area contributed by atoms with Gasteiger partial charge in [0.05, 0.1) is 25.1 Å². The van der Waals surface area contributed by atoms with E-state index in [1.807, 2.05) is 24.3 Å². The minimum Gasteiger partial charge on any atom is -0.497 e. The van der Waals surface area contributed by atoms with E-state index in [-0.39, 0.29) is 18.7 Å². The van der Waals surface area contributed by atoms with E-state index in [2.05, 4.69) is 4.98 Å². The van der Waals surface area contributed by atoms with E-state index in [0.717, 1.165) is 10.8 Å². The minimum absolute atomic E-state index is 0.181. The number of fused-ring (bicyclic) bond motifs is 1. The number of aromatic nitrogens is 1. The first-order valence-corrected chi connectivity index (χ1v) is 10.2. The van der Waals surface area contributed by atoms with Crippen molar-refractivity contribution in [2.24, 2.45) is 0 Å². The van der Waals surface area contributed by atoms with Crippen molar-refractivity contribution in [3.05, 3.63) is 72.1 Å². The van der Waals surface area contributed by atoms with Crippen LogP contribution in [0.5, 0.6) is 5.75 Å². The highest BCUT2D eigenvalue weighted by molar-refractivity contribution is 7.90. The van der Waals surface area contributed by atoms with E-state index in [9.17, 15) is 18.4 Å². The van der Waals surface area contributed by atoms with Crippen LogP contribution in [-0.4, -0.2) is 43.7 Å². The van der Waals surface area contributed by atoms with Gasteiger partial charge in [0.1, 0.15) is 11.0 Å². The van der Waals surface area contributed by atoms with Crippen LogP contribution in [0.25, 0.3) is 10.8 Å². The fourth-order valence-electron chi connectivity index (χ4n) is 2.97. The third-order valence-electron chi connectivity index (χ3n) is 4.43. The molecule has 1 unspecified atom stereocenters. The van der Waals surface area contributed by atoms with Crippen LogP contribution in [0.3, 0.4) is 0 Å². The highest BCUT2D eigenvalue weighted by atomic mass is 32.2. The van der Waals surface area contributed by atoms with Gasteiger partial charge in [0.25, 0.3) is 0 Å². The summed E-state index contributed by atoms with van der Waals surface area (Å²) in [5, 5.41) is 10.6. The van der Waals surface area contributed by atoms with Gasteiger partial charge in [-0.3, -0.25) is 15.0 Å². The van der Waals surface area contributed by atoms with Crippen LogP contribution in [0.15, 0.2) is 60.8 Å². The second-order valence-corrected chi connectivity index (χ2v) is 8.50. The maximum absolute atomic E-state index is 13.1. The number of amides is 1. The molecule has 0 spiro atoms. The van der Waals surface area contributed by atoms with Crippen molar-refractivity contribution >= 4 is 27.0 Å². The van der Waals surface area contributed by atoms with Gasteiger partial charge in [0.2, 0.25) is 6.41 Å². The van der Waals surface area contributed by atoms with Gasteiger partial charge in [0.15, 0.2) is 9.84 Å². The number of benzene rings is 2. The van der Waals surface area contributed by atoms with Crippen LogP contribution in [0.1, 0.15) is 16.5 Å². The molecule has 8 heteroatoms. The lowest BCUT2D eigenvalue weighted by atomic mass is 10.1. The Labute approximate surface area is 163 Å². The normalized spacial score (nSPS) is 12.5. The lowest BCUT2D eigenvalue weighted by molar-refractivity contribution is -0.149. The Morgan fingerprint density at radius 1 is 1.14 bits per heavy atom. The summed E-state index contributed by atoms with van der Waals surface area (Å²) >= 11 is 0. The smallest absolute Gasteiger partial charge is 0.233 e. The summed E-state index contributed by atoms with van der Waals surface area (Å²) in [4.78, 5) is 15.1. The fourth-order valence-corrected chi connectivity index (χ4v) is 4.70. The summed E-state index contributed by atoms with van der Waals surface area (Å²) in [6.45, 7) is -0.383. The van der Waals surface area contributed by atoms with E-state index >= 15 is 0 Å². The highest BCUT2D eigenvalue weighted by Gasteiger charge is 2.30. The van der Waals surface area contributed by atoms with Gasteiger partial charge in [-0.15, -0.1) is 0 Å². The second-order valence-electron chi connectivity index (χ2n) is 6.32. The van der Waals surface area contributed by atoms with E-state index in [1.54, 1.807) is 36.5 Å². The topological polar surface area (TPSA) is 96.8 Å². The number of sulfone groups is 1. The lowest BCUT2D eigenvalue weighted by Gasteiger charge is -2.21. The van der Waals surface area contributed by atoms with Crippen LogP contribution < -0.4 is 4.74 Å². The van der Waals surface area contributed by atoms with E-state index in [1.165, 1.54) is 7.11 Å². The number of rotatable bonds is 8. The average molecular weight is 400 g/mol. The van der Waals surface area contributed by atoms with Crippen LogP contribution in [-0.2, 0) is 20.4 Å². The summed E-state index contributed by atoms with van der Waals surface area (Å²) in [5.41, 5.74) is 0.843. The molecule has 28 heavy (non-hydrogen) atoms. The fraction of sp³-hybridized carbons (Fsp3) is 0.200. The molecule has 0 aliphatic carbocycles. The van der Waals surface area contributed by atoms with Crippen LogP contribution in [0, 0.1) is 0 Å². The second kappa shape index (κ2) is 8.37. The van der Waals surface area contributed by atoms with Gasteiger partial charge in [-0.1, -0.05) is 36.4 Å². The lowest BCUT2D eigenvalue weighted by Crippen LogP contribution is -2.29. The molecule has 1 aromatic heterocycles. The van der Waals surface area contributed by atoms with Crippen molar-refractivity contribution in [3.8, 4) is 5.75 Å². The molecule has 0 radical (unpaired) electrons. The Kier molecular flexibility index (Phi) is 5.91. The Hall–Kier alpha value is -2.97. The number of hydrogen-bond acceptors (Lipinski definition) is 6. The zero-order chi connectivity index (χ0) is 20.1. The molecule has 1 N–H and O–H groups in total. The third-order valence-corrected chi connectivity index (χ3v) is 6.42. The molecule has 0 bridgehead atoms. The monoisotopic (exact) mass is 400 g/mol. The molecule has 0 saturated carbocycles. The van der Waals surface area contributed by atoms with Crippen LogP contribution in [0.2, 0.25) is 0 Å². The molecule has 7 nitrogen and oxygen atoms in total. The first-order valence-electron chi connectivity index (χ1n) is 8.53. The summed E-state index contributed by atoms with van der Waals surface area (Å²) in [6, 6.07) is 15.7. The van der Waals surface area contributed by atoms with Gasteiger partial charge in [0, 0.05) is 11.6 Å². The number of carbonyl (C=O) groups is 1. The predicted octanol–water partition coefficient (Wildman–Crippen LogP) is 2.75. The Bertz CT molecular complexity index is 1070. The van der Waals surface area contributed by atoms with Crippen molar-refractivity contribution in [3.63, 3.8) is 0 Å². The van der Waals surface area contributed by atoms with Crippen molar-refractivity contribution in [2.75, 3.05) is 13.7 Å². The van der Waals surface area contributed by atoms with E-state index in [0.29, 0.717) is 22.1 Å². The quantitative estimate of drug-likeness (QED) is 0.355. The van der Waals surface area contributed by atoms with Crippen molar-refractivity contribution < 1.29 is 23.2 Å². The number of hydrogen-bond donors (Lipinski definition) is 1. The number of nitrogens with zero attached hydrogens (tertiary/aromatic N) is 2. The predicted molar refractivity (Wildman–Crippen MR) is 105 cm³/mol. The van der Waals surface area contributed by atoms with Crippen LogP contribution >= 0.6 is 0 Å². The van der Waals surface area contributed by atoms with Crippen LogP contribution in [0.4, 0.5) is 0 Å². The molecule has 1 atom stereocenters. The number of carbonyl (C=O) groups excluding carboxylic acids is 1. The molecule has 0 saturated heterocycles. The van der Waals surface area contributed by atoms with Gasteiger partial charge in [-0.2, -0.15) is 0 Å². The van der Waals surface area contributed by atoms with Gasteiger partial charge in [-0.25, -0.2) is 13.5 Å². The zero-order valence-electron chi connectivity index (χ0n) is 15.2. The summed E-state index contributed by atoms with van der Waals surface area (Å²) in [6.07, 6.45) is 1.81. The van der Waals surface area contributed by atoms with E-state index in [4.69, 9.17) is 4.74 Å². The van der Waals surface area contributed by atoms with Gasteiger partial charge in [-0.05, 0) is 29.1 Å². The molecule has 1 heterocycles. The standard InChI is InChI=1S/C20H20N2O5S/c1-27-19-8-6-15(7-9-19)20(12-22(24)14-23)28(25,26)13-18-10-16-4-2-3-5-17(16)11-21-18/h2-11,14,20,24H,12-13H2,1H3. The Balaban J connectivity index is 1.94. The molecular formula is C20H20N2O5S. The Morgan fingerprint density at radius 2 is 1.82 bits per heavy atom. The van der Waals surface area contributed by atoms with Crippen molar-refractivity contribution in [1.29, 1.82) is 0 Å². The van der Waals surface area contributed by atoms with Crippen molar-refractivity contribution in [2.45, 2.75) is 11.0 Å². The maximum Gasteiger partial charge on any atom is 0.233 e. The number of methoxy groups -OCH3 is 1. The third kappa shape index (κ3) is 4.47.